The highest BCUT2D eigenvalue weighted by Crippen LogP contribution is 2.24. The standard InChI is InChI=1S/C13H26N2/c1-2-15-10-6-7-12(11-15)13-8-4-3-5-9-14-13/h12-14H,2-11H2,1H3/t12-,13-/m0/s1. The van der Waals surface area contributed by atoms with Gasteiger partial charge in [0.25, 0.3) is 0 Å². The highest BCUT2D eigenvalue weighted by atomic mass is 15.1. The minimum absolute atomic E-state index is 0.821. The van der Waals surface area contributed by atoms with E-state index >= 15 is 0 Å². The predicted molar refractivity (Wildman–Crippen MR) is 65.1 cm³/mol. The van der Waals surface area contributed by atoms with Gasteiger partial charge in [-0.2, -0.15) is 0 Å². The van der Waals surface area contributed by atoms with Crippen LogP contribution in [0.4, 0.5) is 0 Å². The number of nitrogens with one attached hydrogen (secondary N) is 1. The molecular formula is C13H26N2. The third kappa shape index (κ3) is 3.18. The number of hydrogen-bond acceptors (Lipinski definition) is 2. The Balaban J connectivity index is 1.84. The van der Waals surface area contributed by atoms with E-state index in [2.05, 4.69) is 17.1 Å². The van der Waals surface area contributed by atoms with E-state index < -0.39 is 0 Å². The van der Waals surface area contributed by atoms with Crippen LogP contribution in [0.25, 0.3) is 0 Å². The van der Waals surface area contributed by atoms with Crippen molar-refractivity contribution in [3.63, 3.8) is 0 Å². The lowest BCUT2D eigenvalue weighted by Gasteiger charge is -2.36. The summed E-state index contributed by atoms with van der Waals surface area (Å²) >= 11 is 0. The average molecular weight is 210 g/mol. The summed E-state index contributed by atoms with van der Waals surface area (Å²) in [5, 5.41) is 3.77. The van der Waals surface area contributed by atoms with Crippen molar-refractivity contribution >= 4 is 0 Å². The number of likely N-dealkylation sites (tertiary alicyclic amines) is 1. The molecule has 2 atom stereocenters. The fourth-order valence-electron chi connectivity index (χ4n) is 3.16. The smallest absolute Gasteiger partial charge is 0.0107 e. The van der Waals surface area contributed by atoms with Crippen molar-refractivity contribution in [2.75, 3.05) is 26.2 Å². The number of rotatable bonds is 2. The molecule has 2 heteroatoms. The molecule has 2 rings (SSSR count). The van der Waals surface area contributed by atoms with E-state index in [0.29, 0.717) is 0 Å². The number of piperidine rings is 1. The van der Waals surface area contributed by atoms with Crippen LogP contribution in [0.5, 0.6) is 0 Å². The fraction of sp³-hybridized carbons (Fsp3) is 1.00. The van der Waals surface area contributed by atoms with E-state index in [4.69, 9.17) is 0 Å². The molecule has 0 saturated carbocycles. The Bertz CT molecular complexity index is 173. The Labute approximate surface area is 94.4 Å². The van der Waals surface area contributed by atoms with Gasteiger partial charge in [0.1, 0.15) is 0 Å². The van der Waals surface area contributed by atoms with Gasteiger partial charge >= 0.3 is 0 Å². The topological polar surface area (TPSA) is 15.3 Å². The van der Waals surface area contributed by atoms with Crippen LogP contribution < -0.4 is 5.32 Å². The van der Waals surface area contributed by atoms with E-state index in [1.165, 1.54) is 64.7 Å². The lowest BCUT2D eigenvalue weighted by atomic mass is 9.88. The van der Waals surface area contributed by atoms with Gasteiger partial charge in [-0.05, 0) is 51.2 Å². The molecule has 2 saturated heterocycles. The van der Waals surface area contributed by atoms with E-state index in [0.717, 1.165) is 12.0 Å². The highest BCUT2D eigenvalue weighted by molar-refractivity contribution is 4.83. The Hall–Kier alpha value is -0.0800. The Morgan fingerprint density at radius 1 is 1.13 bits per heavy atom. The normalized spacial score (nSPS) is 35.0. The van der Waals surface area contributed by atoms with Crippen molar-refractivity contribution in [3.8, 4) is 0 Å². The largest absolute Gasteiger partial charge is 0.314 e. The van der Waals surface area contributed by atoms with Crippen molar-refractivity contribution in [1.29, 1.82) is 0 Å². The molecule has 0 unspecified atom stereocenters. The van der Waals surface area contributed by atoms with Crippen molar-refractivity contribution in [2.45, 2.75) is 51.5 Å². The zero-order valence-electron chi connectivity index (χ0n) is 10.2. The van der Waals surface area contributed by atoms with Crippen molar-refractivity contribution in [1.82, 2.24) is 10.2 Å². The second-order valence-corrected chi connectivity index (χ2v) is 5.21. The summed E-state index contributed by atoms with van der Waals surface area (Å²) in [5.41, 5.74) is 0. The summed E-state index contributed by atoms with van der Waals surface area (Å²) in [5.74, 6) is 0.928. The zero-order valence-corrected chi connectivity index (χ0v) is 10.2. The molecule has 0 aromatic carbocycles. The molecule has 0 radical (unpaired) electrons. The van der Waals surface area contributed by atoms with Gasteiger partial charge in [0.05, 0.1) is 0 Å². The van der Waals surface area contributed by atoms with Gasteiger partial charge in [-0.1, -0.05) is 19.8 Å². The van der Waals surface area contributed by atoms with Crippen LogP contribution in [0.2, 0.25) is 0 Å². The lowest BCUT2D eigenvalue weighted by Crippen LogP contribution is -2.45. The molecule has 2 fully saturated rings. The minimum atomic E-state index is 0.821. The van der Waals surface area contributed by atoms with Crippen molar-refractivity contribution in [2.24, 2.45) is 5.92 Å². The maximum atomic E-state index is 3.77. The summed E-state index contributed by atoms with van der Waals surface area (Å²) in [6.45, 7) is 7.47. The van der Waals surface area contributed by atoms with Crippen molar-refractivity contribution < 1.29 is 0 Å². The third-order valence-corrected chi connectivity index (χ3v) is 4.16. The molecule has 0 spiro atoms. The summed E-state index contributed by atoms with van der Waals surface area (Å²) in [7, 11) is 0. The second kappa shape index (κ2) is 5.86. The molecule has 0 aliphatic carbocycles. The first-order valence-corrected chi connectivity index (χ1v) is 6.86. The van der Waals surface area contributed by atoms with E-state index in [-0.39, 0.29) is 0 Å². The molecule has 0 aromatic rings. The summed E-state index contributed by atoms with van der Waals surface area (Å²) in [6.07, 6.45) is 8.56. The van der Waals surface area contributed by atoms with Crippen LogP contribution in [0.1, 0.15) is 45.4 Å². The van der Waals surface area contributed by atoms with E-state index in [1.807, 2.05) is 0 Å². The monoisotopic (exact) mass is 210 g/mol. The first-order valence-electron chi connectivity index (χ1n) is 6.86. The Morgan fingerprint density at radius 2 is 2.07 bits per heavy atom. The maximum absolute atomic E-state index is 3.77. The van der Waals surface area contributed by atoms with Gasteiger partial charge in [-0.3, -0.25) is 0 Å². The quantitative estimate of drug-likeness (QED) is 0.752. The molecule has 2 aliphatic rings. The van der Waals surface area contributed by atoms with Crippen LogP contribution in [0.3, 0.4) is 0 Å². The molecule has 0 bridgehead atoms. The van der Waals surface area contributed by atoms with Gasteiger partial charge in [0.15, 0.2) is 0 Å². The minimum Gasteiger partial charge on any atom is -0.314 e. The van der Waals surface area contributed by atoms with Gasteiger partial charge in [-0.25, -0.2) is 0 Å². The first-order chi connectivity index (χ1) is 7.40. The van der Waals surface area contributed by atoms with Crippen LogP contribution >= 0.6 is 0 Å². The lowest BCUT2D eigenvalue weighted by molar-refractivity contribution is 0.150. The zero-order chi connectivity index (χ0) is 10.5. The third-order valence-electron chi connectivity index (χ3n) is 4.16. The van der Waals surface area contributed by atoms with Crippen LogP contribution in [-0.2, 0) is 0 Å². The van der Waals surface area contributed by atoms with Crippen LogP contribution in [0, 0.1) is 5.92 Å². The molecule has 15 heavy (non-hydrogen) atoms. The number of hydrogen-bond donors (Lipinski definition) is 1. The Morgan fingerprint density at radius 3 is 2.93 bits per heavy atom. The highest BCUT2D eigenvalue weighted by Gasteiger charge is 2.26. The van der Waals surface area contributed by atoms with Gasteiger partial charge in [-0.15, -0.1) is 0 Å². The average Bonchev–Trinajstić information content (AvgIpc) is 2.58. The summed E-state index contributed by atoms with van der Waals surface area (Å²) in [6, 6.07) is 0.821. The van der Waals surface area contributed by atoms with Gasteiger partial charge in [0.2, 0.25) is 0 Å². The molecule has 0 amide bonds. The molecule has 2 nitrogen and oxygen atoms in total. The van der Waals surface area contributed by atoms with Crippen LogP contribution in [0.15, 0.2) is 0 Å². The van der Waals surface area contributed by atoms with Gasteiger partial charge in [0, 0.05) is 12.6 Å². The molecule has 0 aromatic heterocycles. The molecule has 2 aliphatic heterocycles. The Kier molecular flexibility index (Phi) is 4.45. The predicted octanol–water partition coefficient (Wildman–Crippen LogP) is 2.25. The SMILES string of the molecule is CCN1CCC[C@H]([C@@H]2CCCCCN2)C1. The molecular weight excluding hydrogens is 184 g/mol. The van der Waals surface area contributed by atoms with Crippen LogP contribution in [-0.4, -0.2) is 37.1 Å². The fourth-order valence-corrected chi connectivity index (χ4v) is 3.16. The molecule has 1 N–H and O–H groups in total. The summed E-state index contributed by atoms with van der Waals surface area (Å²) in [4.78, 5) is 2.63. The van der Waals surface area contributed by atoms with E-state index in [9.17, 15) is 0 Å². The first kappa shape index (κ1) is 11.4. The van der Waals surface area contributed by atoms with Gasteiger partial charge < -0.3 is 10.2 Å². The second-order valence-electron chi connectivity index (χ2n) is 5.21. The molecule has 88 valence electrons. The maximum Gasteiger partial charge on any atom is 0.0107 e. The molecule has 2 heterocycles. The number of nitrogens with zero attached hydrogens (tertiary/aromatic N) is 1. The van der Waals surface area contributed by atoms with E-state index in [1.54, 1.807) is 0 Å². The summed E-state index contributed by atoms with van der Waals surface area (Å²) < 4.78 is 0. The van der Waals surface area contributed by atoms with Crippen molar-refractivity contribution in [3.05, 3.63) is 0 Å².